The number of nitrogens with zero attached hydrogens (tertiary/aromatic N) is 2. The van der Waals surface area contributed by atoms with Crippen molar-refractivity contribution in [2.24, 2.45) is 0 Å². The number of hydrogen-bond acceptors (Lipinski definition) is 7. The summed E-state index contributed by atoms with van der Waals surface area (Å²) < 4.78 is 30.8. The molecular formula is C8H10N4O4S2. The van der Waals surface area contributed by atoms with Crippen molar-refractivity contribution in [3.63, 3.8) is 0 Å². The topological polar surface area (TPSA) is 118 Å². The average Bonchev–Trinajstić information content (AvgIpc) is 2.82. The molecule has 0 unspecified atom stereocenters. The molecule has 0 fully saturated rings. The minimum absolute atomic E-state index is 0.0345. The molecule has 2 aromatic rings. The molecule has 0 bridgehead atoms. The Morgan fingerprint density at radius 3 is 2.67 bits per heavy atom. The summed E-state index contributed by atoms with van der Waals surface area (Å²) in [5.74, 6) is 0.586. The van der Waals surface area contributed by atoms with E-state index in [2.05, 4.69) is 19.8 Å². The first-order valence-electron chi connectivity index (χ1n) is 4.87. The van der Waals surface area contributed by atoms with Crippen LogP contribution >= 0.6 is 11.3 Å². The zero-order valence-electron chi connectivity index (χ0n) is 9.55. The van der Waals surface area contributed by atoms with Crippen molar-refractivity contribution in [1.29, 1.82) is 0 Å². The summed E-state index contributed by atoms with van der Waals surface area (Å²) >= 11 is 0.636. The first-order chi connectivity index (χ1) is 8.38. The van der Waals surface area contributed by atoms with Gasteiger partial charge in [0.05, 0.1) is 6.54 Å². The molecule has 0 aliphatic heterocycles. The van der Waals surface area contributed by atoms with E-state index < -0.39 is 14.9 Å². The lowest BCUT2D eigenvalue weighted by Gasteiger charge is -2.02. The molecule has 2 heterocycles. The summed E-state index contributed by atoms with van der Waals surface area (Å²) in [6.45, 7) is 3.03. The minimum Gasteiger partial charge on any atom is -0.340 e. The molecule has 98 valence electrons. The van der Waals surface area contributed by atoms with Crippen molar-refractivity contribution in [1.82, 2.24) is 19.8 Å². The van der Waals surface area contributed by atoms with Gasteiger partial charge in [-0.3, -0.25) is 4.79 Å². The van der Waals surface area contributed by atoms with Crippen molar-refractivity contribution in [2.45, 2.75) is 24.6 Å². The summed E-state index contributed by atoms with van der Waals surface area (Å²) in [4.78, 5) is 16.9. The second-order valence-corrected chi connectivity index (χ2v) is 6.43. The van der Waals surface area contributed by atoms with Gasteiger partial charge in [0.15, 0.2) is 10.0 Å². The Balaban J connectivity index is 2.18. The number of aromatic nitrogens is 3. The van der Waals surface area contributed by atoms with E-state index in [4.69, 9.17) is 4.52 Å². The van der Waals surface area contributed by atoms with E-state index in [-0.39, 0.29) is 16.6 Å². The van der Waals surface area contributed by atoms with Gasteiger partial charge in [-0.1, -0.05) is 16.5 Å². The summed E-state index contributed by atoms with van der Waals surface area (Å²) in [5.41, 5.74) is 0.307. The smallest absolute Gasteiger partial charge is 0.305 e. The van der Waals surface area contributed by atoms with Gasteiger partial charge in [0.2, 0.25) is 5.89 Å². The van der Waals surface area contributed by atoms with Crippen LogP contribution in [0.5, 0.6) is 0 Å². The Morgan fingerprint density at radius 2 is 2.17 bits per heavy atom. The molecule has 2 aromatic heterocycles. The molecule has 0 aliphatic rings. The Bertz CT molecular complexity index is 712. The Morgan fingerprint density at radius 1 is 1.44 bits per heavy atom. The maximum Gasteiger partial charge on any atom is 0.305 e. The molecule has 2 N–H and O–H groups in total. The summed E-state index contributed by atoms with van der Waals surface area (Å²) in [6.07, 6.45) is 0. The monoisotopic (exact) mass is 290 g/mol. The molecule has 8 nitrogen and oxygen atoms in total. The highest BCUT2D eigenvalue weighted by Crippen LogP contribution is 2.15. The summed E-state index contributed by atoms with van der Waals surface area (Å²) in [6, 6.07) is 0. The molecule has 0 saturated heterocycles. The predicted molar refractivity (Wildman–Crippen MR) is 62.7 cm³/mol. The maximum atomic E-state index is 11.9. The van der Waals surface area contributed by atoms with E-state index in [1.165, 1.54) is 6.92 Å². The summed E-state index contributed by atoms with van der Waals surface area (Å²) in [5, 5.41) is 3.56. The van der Waals surface area contributed by atoms with Gasteiger partial charge in [-0.25, -0.2) is 13.1 Å². The zero-order chi connectivity index (χ0) is 13.3. The lowest BCUT2D eigenvalue weighted by molar-refractivity contribution is 0.387. The third kappa shape index (κ3) is 2.66. The van der Waals surface area contributed by atoms with Gasteiger partial charge >= 0.3 is 4.87 Å². The molecule has 0 atom stereocenters. The molecule has 0 spiro atoms. The van der Waals surface area contributed by atoms with Gasteiger partial charge < -0.3 is 9.51 Å². The maximum absolute atomic E-state index is 11.9. The van der Waals surface area contributed by atoms with Crippen molar-refractivity contribution in [2.75, 3.05) is 0 Å². The highest BCUT2D eigenvalue weighted by Gasteiger charge is 2.20. The van der Waals surface area contributed by atoms with Crippen LogP contribution in [0.25, 0.3) is 0 Å². The highest BCUT2D eigenvalue weighted by molar-refractivity contribution is 7.91. The van der Waals surface area contributed by atoms with Gasteiger partial charge in [0.25, 0.3) is 10.0 Å². The fourth-order valence-corrected chi connectivity index (χ4v) is 3.61. The van der Waals surface area contributed by atoms with Crippen LogP contribution in [0.1, 0.15) is 17.4 Å². The number of aryl methyl sites for hydroxylation is 2. The normalized spacial score (nSPS) is 11.9. The Hall–Kier alpha value is -1.52. The number of hydrogen-bond donors (Lipinski definition) is 2. The van der Waals surface area contributed by atoms with Crippen LogP contribution in [-0.4, -0.2) is 23.5 Å². The van der Waals surface area contributed by atoms with Gasteiger partial charge in [0.1, 0.15) is 0 Å². The van der Waals surface area contributed by atoms with Crippen molar-refractivity contribution in [3.8, 4) is 0 Å². The van der Waals surface area contributed by atoms with Gasteiger partial charge in [-0.05, 0) is 6.92 Å². The molecular weight excluding hydrogens is 280 g/mol. The fourth-order valence-electron chi connectivity index (χ4n) is 1.29. The summed E-state index contributed by atoms with van der Waals surface area (Å²) in [7, 11) is -3.74. The number of rotatable bonds is 4. The van der Waals surface area contributed by atoms with Crippen LogP contribution in [-0.2, 0) is 16.6 Å². The van der Waals surface area contributed by atoms with E-state index in [1.54, 1.807) is 6.92 Å². The Kier molecular flexibility index (Phi) is 3.32. The zero-order valence-corrected chi connectivity index (χ0v) is 11.2. The molecule has 18 heavy (non-hydrogen) atoms. The first-order valence-corrected chi connectivity index (χ1v) is 7.17. The third-order valence-electron chi connectivity index (χ3n) is 2.02. The van der Waals surface area contributed by atoms with E-state index in [0.29, 0.717) is 22.9 Å². The standard InChI is InChI=1S/C8H10N4O4S2/c1-4-7(17-8(13)10-4)18(14,15)9-3-6-11-5(2)16-12-6/h9H,3H2,1-2H3,(H,10,13). The number of H-pyrrole nitrogens is 1. The van der Waals surface area contributed by atoms with Crippen LogP contribution in [0.4, 0.5) is 0 Å². The van der Waals surface area contributed by atoms with Crippen molar-refractivity contribution in [3.05, 3.63) is 27.1 Å². The molecule has 0 amide bonds. The Labute approximate surface area is 106 Å². The lowest BCUT2D eigenvalue weighted by atomic mass is 10.6. The largest absolute Gasteiger partial charge is 0.340 e. The second-order valence-electron chi connectivity index (χ2n) is 3.48. The molecule has 2 rings (SSSR count). The van der Waals surface area contributed by atoms with Crippen molar-refractivity contribution >= 4 is 21.4 Å². The number of sulfonamides is 1. The van der Waals surface area contributed by atoms with Crippen LogP contribution in [0.2, 0.25) is 0 Å². The highest BCUT2D eigenvalue weighted by atomic mass is 32.2. The number of thiazole rings is 1. The van der Waals surface area contributed by atoms with Gasteiger partial charge in [0, 0.05) is 12.6 Å². The van der Waals surface area contributed by atoms with Crippen LogP contribution < -0.4 is 9.60 Å². The first kappa shape index (κ1) is 12.9. The fraction of sp³-hybridized carbons (Fsp3) is 0.375. The van der Waals surface area contributed by atoms with E-state index >= 15 is 0 Å². The van der Waals surface area contributed by atoms with Crippen LogP contribution in [0.3, 0.4) is 0 Å². The molecule has 0 aromatic carbocycles. The van der Waals surface area contributed by atoms with E-state index in [9.17, 15) is 13.2 Å². The van der Waals surface area contributed by atoms with Gasteiger partial charge in [-0.2, -0.15) is 4.98 Å². The number of nitrogens with one attached hydrogen (secondary N) is 2. The average molecular weight is 290 g/mol. The second kappa shape index (κ2) is 4.63. The number of aromatic amines is 1. The molecule has 0 radical (unpaired) electrons. The van der Waals surface area contributed by atoms with E-state index in [0.717, 1.165) is 0 Å². The lowest BCUT2D eigenvalue weighted by Crippen LogP contribution is -2.23. The third-order valence-corrected chi connectivity index (χ3v) is 5.02. The molecule has 0 saturated carbocycles. The van der Waals surface area contributed by atoms with Gasteiger partial charge in [-0.15, -0.1) is 0 Å². The SMILES string of the molecule is Cc1nc(CNS(=O)(=O)c2sc(=O)[nH]c2C)no1. The molecule has 0 aliphatic carbocycles. The molecule has 10 heteroatoms. The van der Waals surface area contributed by atoms with Crippen molar-refractivity contribution < 1.29 is 12.9 Å². The van der Waals surface area contributed by atoms with Crippen LogP contribution in [0, 0.1) is 13.8 Å². The van der Waals surface area contributed by atoms with E-state index in [1.807, 2.05) is 0 Å². The quantitative estimate of drug-likeness (QED) is 0.812. The predicted octanol–water partition coefficient (Wildman–Crippen LogP) is -0.0853. The van der Waals surface area contributed by atoms with Crippen LogP contribution in [0.15, 0.2) is 13.5 Å². The minimum atomic E-state index is -3.74.